The van der Waals surface area contributed by atoms with E-state index in [1.165, 1.54) is 0 Å². The number of benzene rings is 5. The van der Waals surface area contributed by atoms with Gasteiger partial charge in [-0.25, -0.2) is 0 Å². The van der Waals surface area contributed by atoms with E-state index in [1.807, 2.05) is 103 Å². The zero-order valence-corrected chi connectivity index (χ0v) is 34.7. The number of fused-ring (bicyclic) bond motifs is 2. The van der Waals surface area contributed by atoms with E-state index in [0.717, 1.165) is 27.8 Å². The molecule has 10 nitrogen and oxygen atoms in total. The minimum atomic E-state index is -2.55. The molecular formula is C47H51N3O7Si. The van der Waals surface area contributed by atoms with E-state index in [-0.39, 0.29) is 55.3 Å². The van der Waals surface area contributed by atoms with Crippen LogP contribution in [0.2, 0.25) is 18.6 Å². The highest BCUT2D eigenvalue weighted by molar-refractivity contribution is 6.91. The van der Waals surface area contributed by atoms with Crippen LogP contribution in [0.1, 0.15) is 40.4 Å². The summed E-state index contributed by atoms with van der Waals surface area (Å²) in [5.74, 6) is 0.464. The van der Waals surface area contributed by atoms with Gasteiger partial charge in [0, 0.05) is 35.8 Å². The Labute approximate surface area is 341 Å². The molecule has 11 heteroatoms. The molecule has 4 atom stereocenters. The molecule has 2 aliphatic rings. The van der Waals surface area contributed by atoms with E-state index in [1.54, 1.807) is 36.2 Å². The van der Waals surface area contributed by atoms with Gasteiger partial charge < -0.3 is 34.4 Å². The highest BCUT2D eigenvalue weighted by Crippen LogP contribution is 2.60. The Morgan fingerprint density at radius 1 is 0.845 bits per heavy atom. The number of carbonyl (C=O) groups excluding carboxylic acids is 3. The minimum absolute atomic E-state index is 0.0406. The molecule has 2 N–H and O–H groups in total. The molecule has 300 valence electrons. The Balaban J connectivity index is 1.24. The summed E-state index contributed by atoms with van der Waals surface area (Å²) in [4.78, 5) is 46.0. The zero-order valence-electron chi connectivity index (χ0n) is 33.7. The van der Waals surface area contributed by atoms with Gasteiger partial charge in [-0.3, -0.25) is 14.4 Å². The molecule has 0 bridgehead atoms. The van der Waals surface area contributed by atoms with E-state index in [9.17, 15) is 14.7 Å². The van der Waals surface area contributed by atoms with Crippen LogP contribution in [0.4, 0.5) is 11.4 Å². The molecule has 0 aliphatic carbocycles. The first-order chi connectivity index (χ1) is 28.0. The van der Waals surface area contributed by atoms with Crippen LogP contribution < -0.4 is 24.9 Å². The number of aliphatic hydroxyl groups is 1. The maximum Gasteiger partial charge on any atom is 0.264 e. The number of hydrogen-bond acceptors (Lipinski definition) is 7. The van der Waals surface area contributed by atoms with Crippen molar-refractivity contribution in [1.82, 2.24) is 4.90 Å². The Hall–Kier alpha value is -5.75. The van der Waals surface area contributed by atoms with E-state index in [2.05, 4.69) is 37.5 Å². The van der Waals surface area contributed by atoms with Gasteiger partial charge in [0.25, 0.3) is 11.8 Å². The molecule has 0 aromatic heterocycles. The van der Waals surface area contributed by atoms with Crippen LogP contribution in [-0.4, -0.2) is 69.3 Å². The predicted molar refractivity (Wildman–Crippen MR) is 228 cm³/mol. The smallest absolute Gasteiger partial charge is 0.264 e. The van der Waals surface area contributed by atoms with E-state index >= 15 is 4.79 Å². The molecule has 3 amide bonds. The van der Waals surface area contributed by atoms with Crippen LogP contribution >= 0.6 is 0 Å². The first kappa shape index (κ1) is 40.4. The summed E-state index contributed by atoms with van der Waals surface area (Å²) in [6, 6.07) is 40.1. The molecule has 2 aliphatic heterocycles. The topological polar surface area (TPSA) is 118 Å². The zero-order chi connectivity index (χ0) is 41.0. The predicted octanol–water partition coefficient (Wildman–Crippen LogP) is 7.13. The van der Waals surface area contributed by atoms with Crippen molar-refractivity contribution in [3.05, 3.63) is 150 Å². The van der Waals surface area contributed by atoms with Crippen LogP contribution in [0.15, 0.2) is 127 Å². The summed E-state index contributed by atoms with van der Waals surface area (Å²) >= 11 is 0. The number of nitrogens with one attached hydrogen (secondary N) is 1. The molecule has 0 unspecified atom stereocenters. The lowest BCUT2D eigenvalue weighted by Gasteiger charge is -2.37. The average molecular weight is 798 g/mol. The first-order valence-corrected chi connectivity index (χ1v) is 22.8. The van der Waals surface area contributed by atoms with Crippen molar-refractivity contribution in [3.8, 4) is 11.5 Å². The molecule has 5 aromatic carbocycles. The van der Waals surface area contributed by atoms with Crippen molar-refractivity contribution < 1.29 is 33.7 Å². The van der Waals surface area contributed by atoms with Crippen molar-refractivity contribution >= 4 is 42.4 Å². The largest absolute Gasteiger partial charge is 0.497 e. The number of anilines is 2. The van der Waals surface area contributed by atoms with Gasteiger partial charge in [-0.05, 0) is 71.3 Å². The van der Waals surface area contributed by atoms with Crippen molar-refractivity contribution in [1.29, 1.82) is 0 Å². The first-order valence-electron chi connectivity index (χ1n) is 19.7. The molecule has 1 saturated heterocycles. The Morgan fingerprint density at radius 3 is 2.12 bits per heavy atom. The van der Waals surface area contributed by atoms with Crippen molar-refractivity contribution in [2.75, 3.05) is 37.6 Å². The quantitative estimate of drug-likeness (QED) is 0.115. The van der Waals surface area contributed by atoms with Crippen molar-refractivity contribution in [2.24, 2.45) is 5.92 Å². The fraction of sp³-hybridized carbons (Fsp3) is 0.298. The second-order valence-corrected chi connectivity index (χ2v) is 20.4. The summed E-state index contributed by atoms with van der Waals surface area (Å²) in [5.41, 5.74) is 2.89. The highest BCUT2D eigenvalue weighted by atomic mass is 28.3. The lowest BCUT2D eigenvalue weighted by molar-refractivity contribution is -0.150. The summed E-state index contributed by atoms with van der Waals surface area (Å²) in [5, 5.41) is 14.2. The number of carbonyl (C=O) groups is 3. The van der Waals surface area contributed by atoms with E-state index in [0.29, 0.717) is 29.1 Å². The van der Waals surface area contributed by atoms with E-state index < -0.39 is 19.8 Å². The molecule has 5 aromatic rings. The standard InChI is InChI=1S/C47H51N3O7Si/c1-32-44(58(4,5)39-23-20-37(55-2)21-24-39)42(29-43(52)49(26-27-51)30-33-12-8-6-9-13-33)57-47(32)40-28-38(56-3)22-25-41(40)50(46(47)54)31-34-16-18-36(19-17-34)48-45(53)35-14-10-7-11-15-35/h6-25,28,32,42,44,51H,26-27,29-31H2,1-5H3,(H,48,53)/t32-,42+,44-,47+/m1/s1. The molecule has 1 spiro atoms. The molecule has 7 rings (SSSR count). The van der Waals surface area contributed by atoms with Gasteiger partial charge in [0.05, 0.1) is 53.7 Å². The van der Waals surface area contributed by atoms with Gasteiger partial charge in [-0.15, -0.1) is 0 Å². The number of amides is 3. The minimum Gasteiger partial charge on any atom is -0.497 e. The van der Waals surface area contributed by atoms with Gasteiger partial charge in [0.2, 0.25) is 5.91 Å². The molecule has 58 heavy (non-hydrogen) atoms. The van der Waals surface area contributed by atoms with Gasteiger partial charge in [0.15, 0.2) is 5.60 Å². The molecular weight excluding hydrogens is 747 g/mol. The monoisotopic (exact) mass is 797 g/mol. The third kappa shape index (κ3) is 7.77. The third-order valence-electron chi connectivity index (χ3n) is 11.9. The van der Waals surface area contributed by atoms with Crippen LogP contribution in [0, 0.1) is 5.92 Å². The number of methoxy groups -OCH3 is 2. The van der Waals surface area contributed by atoms with Gasteiger partial charge in [0.1, 0.15) is 11.5 Å². The Kier molecular flexibility index (Phi) is 11.9. The number of rotatable bonds is 14. The second kappa shape index (κ2) is 17.0. The van der Waals surface area contributed by atoms with Gasteiger partial charge in [-0.2, -0.15) is 0 Å². The summed E-state index contributed by atoms with van der Waals surface area (Å²) in [6.45, 7) is 7.27. The highest BCUT2D eigenvalue weighted by Gasteiger charge is 2.66. The molecule has 0 radical (unpaired) electrons. The van der Waals surface area contributed by atoms with Crippen molar-refractivity contribution in [2.45, 2.75) is 56.8 Å². The second-order valence-electron chi connectivity index (χ2n) is 15.7. The maximum atomic E-state index is 15.3. The van der Waals surface area contributed by atoms with Gasteiger partial charge >= 0.3 is 0 Å². The molecule has 2 heterocycles. The van der Waals surface area contributed by atoms with Crippen LogP contribution in [-0.2, 0) is 33.0 Å². The average Bonchev–Trinajstić information content (AvgIpc) is 3.67. The molecule has 1 fully saturated rings. The van der Waals surface area contributed by atoms with Crippen LogP contribution in [0.3, 0.4) is 0 Å². The fourth-order valence-electron chi connectivity index (χ4n) is 8.96. The number of hydrogen-bond donors (Lipinski definition) is 2. The van der Waals surface area contributed by atoms with Crippen molar-refractivity contribution in [3.63, 3.8) is 0 Å². The number of ether oxygens (including phenoxy) is 3. The summed E-state index contributed by atoms with van der Waals surface area (Å²) in [7, 11) is 0.701. The lowest BCUT2D eigenvalue weighted by Crippen LogP contribution is -2.52. The number of aliphatic hydroxyl groups excluding tert-OH is 1. The fourth-order valence-corrected chi connectivity index (χ4v) is 13.0. The van der Waals surface area contributed by atoms with Crippen LogP contribution in [0.5, 0.6) is 11.5 Å². The third-order valence-corrected chi connectivity index (χ3v) is 16.3. The summed E-state index contributed by atoms with van der Waals surface area (Å²) < 4.78 is 18.5. The Morgan fingerprint density at radius 2 is 1.48 bits per heavy atom. The SMILES string of the molecule is COc1ccc([Si](C)(C)[C@H]2[C@H](CC(=O)N(CCO)Cc3ccccc3)O[C@@]3(C(=O)N(Cc4ccc(NC(=O)c5ccccc5)cc4)c4ccc(OC)cc43)[C@@H]2C)cc1. The Bertz CT molecular complexity index is 2240. The molecule has 0 saturated carbocycles. The van der Waals surface area contributed by atoms with Crippen LogP contribution in [0.25, 0.3) is 0 Å². The normalized spacial score (nSPS) is 19.9. The number of nitrogens with zero attached hydrogens (tertiary/aromatic N) is 2. The maximum absolute atomic E-state index is 15.3. The van der Waals surface area contributed by atoms with E-state index in [4.69, 9.17) is 14.2 Å². The summed E-state index contributed by atoms with van der Waals surface area (Å²) in [6.07, 6.45) is -0.572. The van der Waals surface area contributed by atoms with Gasteiger partial charge in [-0.1, -0.05) is 98.0 Å². The lowest BCUT2D eigenvalue weighted by atomic mass is 9.82.